The molecule has 0 aliphatic carbocycles. The summed E-state index contributed by atoms with van der Waals surface area (Å²) >= 11 is 0. The van der Waals surface area contributed by atoms with Crippen LogP contribution >= 0.6 is 0 Å². The molecule has 0 bridgehead atoms. The van der Waals surface area contributed by atoms with Crippen molar-refractivity contribution in [3.63, 3.8) is 0 Å². The Hall–Kier alpha value is -3.47. The van der Waals surface area contributed by atoms with Gasteiger partial charge in [0.1, 0.15) is 11.3 Å². The van der Waals surface area contributed by atoms with Crippen LogP contribution in [0.5, 0.6) is 5.75 Å². The summed E-state index contributed by atoms with van der Waals surface area (Å²) in [6, 6.07) is 16.8. The predicted molar refractivity (Wildman–Crippen MR) is 125 cm³/mol. The van der Waals surface area contributed by atoms with Crippen LogP contribution < -0.4 is 10.1 Å². The summed E-state index contributed by atoms with van der Waals surface area (Å²) in [7, 11) is -2.26. The summed E-state index contributed by atoms with van der Waals surface area (Å²) in [6.45, 7) is 0.668. The molecule has 1 fully saturated rings. The molecule has 9 nitrogen and oxygen atoms in total. The van der Waals surface area contributed by atoms with Crippen LogP contribution in [0.1, 0.15) is 10.4 Å². The maximum atomic E-state index is 12.8. The lowest BCUT2D eigenvalue weighted by molar-refractivity contribution is -0.119. The maximum absolute atomic E-state index is 12.8. The minimum Gasteiger partial charge on any atom is -0.496 e. The van der Waals surface area contributed by atoms with Crippen molar-refractivity contribution >= 4 is 38.4 Å². The molecule has 1 aliphatic heterocycles. The molecule has 1 saturated heterocycles. The van der Waals surface area contributed by atoms with Gasteiger partial charge in [0.25, 0.3) is 5.91 Å². The number of nitrogens with one attached hydrogen (secondary N) is 1. The van der Waals surface area contributed by atoms with E-state index in [9.17, 15) is 18.0 Å². The molecule has 3 aromatic rings. The molecule has 1 N–H and O–H groups in total. The lowest BCUT2D eigenvalue weighted by Gasteiger charge is -2.26. The number of methoxy groups -OCH3 is 1. The minimum absolute atomic E-state index is 0.0603. The Morgan fingerprint density at radius 2 is 1.71 bits per heavy atom. The molecule has 0 unspecified atom stereocenters. The first kappa shape index (κ1) is 23.7. The van der Waals surface area contributed by atoms with Crippen molar-refractivity contribution in [3.8, 4) is 5.75 Å². The fourth-order valence-corrected chi connectivity index (χ4v) is 5.08. The zero-order chi connectivity index (χ0) is 24.1. The maximum Gasteiger partial charge on any atom is 0.342 e. The summed E-state index contributed by atoms with van der Waals surface area (Å²) in [6.07, 6.45) is 0. The standard InChI is InChI=1S/C24H24N2O7S/c1-31-22-14-18-6-3-2-5-17(18)13-21(22)24(28)33-16-23(27)25-19-7-4-8-20(15-19)34(29,30)26-9-11-32-12-10-26/h2-8,13-15H,9-12,16H2,1H3,(H,25,27). The van der Waals surface area contributed by atoms with Gasteiger partial charge in [0, 0.05) is 18.8 Å². The van der Waals surface area contributed by atoms with E-state index >= 15 is 0 Å². The molecule has 34 heavy (non-hydrogen) atoms. The number of ether oxygens (including phenoxy) is 3. The number of esters is 1. The third-order valence-electron chi connectivity index (χ3n) is 5.35. The third-order valence-corrected chi connectivity index (χ3v) is 7.24. The largest absolute Gasteiger partial charge is 0.496 e. The number of rotatable bonds is 7. The fourth-order valence-electron chi connectivity index (χ4n) is 3.62. The third kappa shape index (κ3) is 5.19. The zero-order valence-corrected chi connectivity index (χ0v) is 19.3. The van der Waals surface area contributed by atoms with Crippen LogP contribution in [0.2, 0.25) is 0 Å². The van der Waals surface area contributed by atoms with Gasteiger partial charge in [-0.3, -0.25) is 4.79 Å². The SMILES string of the molecule is COc1cc2ccccc2cc1C(=O)OCC(=O)Nc1cccc(S(=O)(=O)N2CCOCC2)c1. The molecule has 0 saturated carbocycles. The second-order valence-electron chi connectivity index (χ2n) is 7.57. The number of amides is 1. The van der Waals surface area contributed by atoms with E-state index in [0.717, 1.165) is 10.8 Å². The van der Waals surface area contributed by atoms with Crippen molar-refractivity contribution in [2.45, 2.75) is 4.90 Å². The van der Waals surface area contributed by atoms with E-state index < -0.39 is 28.5 Å². The molecule has 0 radical (unpaired) electrons. The Labute approximate surface area is 197 Å². The summed E-state index contributed by atoms with van der Waals surface area (Å²) in [5.74, 6) is -0.972. The summed E-state index contributed by atoms with van der Waals surface area (Å²) < 4.78 is 42.7. The summed E-state index contributed by atoms with van der Waals surface area (Å²) in [5, 5.41) is 4.30. The number of nitrogens with zero attached hydrogens (tertiary/aromatic N) is 1. The smallest absolute Gasteiger partial charge is 0.342 e. The zero-order valence-electron chi connectivity index (χ0n) is 18.5. The highest BCUT2D eigenvalue weighted by Gasteiger charge is 2.26. The lowest BCUT2D eigenvalue weighted by atomic mass is 10.1. The van der Waals surface area contributed by atoms with E-state index in [1.54, 1.807) is 18.2 Å². The highest BCUT2D eigenvalue weighted by atomic mass is 32.2. The van der Waals surface area contributed by atoms with Crippen LogP contribution in [-0.2, 0) is 24.3 Å². The van der Waals surface area contributed by atoms with Crippen LogP contribution in [0.15, 0.2) is 65.6 Å². The number of benzene rings is 3. The Morgan fingerprint density at radius 3 is 2.41 bits per heavy atom. The van der Waals surface area contributed by atoms with Gasteiger partial charge in [-0.25, -0.2) is 13.2 Å². The number of anilines is 1. The van der Waals surface area contributed by atoms with Crippen molar-refractivity contribution < 1.29 is 32.2 Å². The average Bonchev–Trinajstić information content (AvgIpc) is 2.87. The molecule has 10 heteroatoms. The molecule has 0 aromatic heterocycles. The van der Waals surface area contributed by atoms with Gasteiger partial charge in [0.2, 0.25) is 10.0 Å². The van der Waals surface area contributed by atoms with E-state index in [4.69, 9.17) is 14.2 Å². The van der Waals surface area contributed by atoms with Crippen molar-refractivity contribution in [1.82, 2.24) is 4.31 Å². The average molecular weight is 485 g/mol. The van der Waals surface area contributed by atoms with Crippen LogP contribution in [0, 0.1) is 0 Å². The number of morpholine rings is 1. The predicted octanol–water partition coefficient (Wildman–Crippen LogP) is 2.66. The van der Waals surface area contributed by atoms with Crippen LogP contribution in [0.25, 0.3) is 10.8 Å². The van der Waals surface area contributed by atoms with Crippen molar-refractivity contribution in [2.75, 3.05) is 45.3 Å². The van der Waals surface area contributed by atoms with Crippen LogP contribution in [0.3, 0.4) is 0 Å². The summed E-state index contributed by atoms with van der Waals surface area (Å²) in [4.78, 5) is 25.1. The number of carbonyl (C=O) groups excluding carboxylic acids is 2. The highest BCUT2D eigenvalue weighted by molar-refractivity contribution is 7.89. The second-order valence-corrected chi connectivity index (χ2v) is 9.51. The molecule has 178 valence electrons. The molecular weight excluding hydrogens is 460 g/mol. The Bertz CT molecular complexity index is 1320. The van der Waals surface area contributed by atoms with Gasteiger partial charge >= 0.3 is 5.97 Å². The van der Waals surface area contributed by atoms with Crippen LogP contribution in [-0.4, -0.2) is 64.6 Å². The Kier molecular flexibility index (Phi) is 7.11. The molecule has 4 rings (SSSR count). The van der Waals surface area contributed by atoms with E-state index in [2.05, 4.69) is 5.32 Å². The Morgan fingerprint density at radius 1 is 1.00 bits per heavy atom. The Balaban J connectivity index is 1.41. The van der Waals surface area contributed by atoms with E-state index in [1.165, 1.54) is 29.6 Å². The fraction of sp³-hybridized carbons (Fsp3) is 0.250. The van der Waals surface area contributed by atoms with E-state index in [-0.39, 0.29) is 29.2 Å². The normalized spacial score (nSPS) is 14.5. The van der Waals surface area contributed by atoms with E-state index in [0.29, 0.717) is 19.0 Å². The highest BCUT2D eigenvalue weighted by Crippen LogP contribution is 2.26. The molecule has 1 heterocycles. The van der Waals surface area contributed by atoms with Gasteiger partial charge in [-0.2, -0.15) is 4.31 Å². The van der Waals surface area contributed by atoms with Crippen molar-refractivity contribution in [3.05, 3.63) is 66.2 Å². The molecule has 0 spiro atoms. The molecule has 1 aliphatic rings. The number of hydrogen-bond acceptors (Lipinski definition) is 7. The van der Waals surface area contributed by atoms with Gasteiger partial charge < -0.3 is 19.5 Å². The summed E-state index contributed by atoms with van der Waals surface area (Å²) in [5.41, 5.74) is 0.478. The van der Waals surface area contributed by atoms with Crippen molar-refractivity contribution in [1.29, 1.82) is 0 Å². The lowest BCUT2D eigenvalue weighted by Crippen LogP contribution is -2.40. The second kappa shape index (κ2) is 10.2. The van der Waals surface area contributed by atoms with Crippen molar-refractivity contribution in [2.24, 2.45) is 0 Å². The van der Waals surface area contributed by atoms with Crippen LogP contribution in [0.4, 0.5) is 5.69 Å². The number of sulfonamides is 1. The van der Waals surface area contributed by atoms with Gasteiger partial charge in [-0.15, -0.1) is 0 Å². The first-order valence-corrected chi connectivity index (χ1v) is 12.0. The first-order chi connectivity index (χ1) is 16.4. The minimum atomic E-state index is -3.70. The first-order valence-electron chi connectivity index (χ1n) is 10.6. The monoisotopic (exact) mass is 484 g/mol. The quantitative estimate of drug-likeness (QED) is 0.513. The molecule has 1 amide bonds. The van der Waals surface area contributed by atoms with Gasteiger partial charge in [0.15, 0.2) is 6.61 Å². The number of fused-ring (bicyclic) bond motifs is 1. The molecule has 0 atom stereocenters. The number of carbonyl (C=O) groups is 2. The number of hydrogen-bond donors (Lipinski definition) is 1. The molecule has 3 aromatic carbocycles. The van der Waals surface area contributed by atoms with Gasteiger partial charge in [-0.1, -0.05) is 30.3 Å². The van der Waals surface area contributed by atoms with Gasteiger partial charge in [0.05, 0.1) is 25.2 Å². The van der Waals surface area contributed by atoms with E-state index in [1.807, 2.05) is 24.3 Å². The molecular formula is C24H24N2O7S. The van der Waals surface area contributed by atoms with Gasteiger partial charge in [-0.05, 0) is 41.1 Å². The topological polar surface area (TPSA) is 111 Å².